The predicted molar refractivity (Wildman–Crippen MR) is 48.7 cm³/mol. The van der Waals surface area contributed by atoms with Crippen molar-refractivity contribution >= 4 is 0 Å². The molecule has 0 saturated carbocycles. The van der Waals surface area contributed by atoms with Crippen LogP contribution in [0.4, 0.5) is 13.2 Å². The molecule has 0 aliphatic heterocycles. The molecule has 0 aliphatic rings. The van der Waals surface area contributed by atoms with E-state index in [0.717, 1.165) is 0 Å². The van der Waals surface area contributed by atoms with Crippen LogP contribution in [0, 0.1) is 12.7 Å². The van der Waals surface area contributed by atoms with Crippen LogP contribution < -0.4 is 5.73 Å². The number of rotatable bonds is 3. The molecule has 0 fully saturated rings. The maximum absolute atomic E-state index is 13.0. The normalized spacial score (nSPS) is 13.3. The molecule has 0 spiro atoms. The van der Waals surface area contributed by atoms with Gasteiger partial charge in [-0.25, -0.2) is 13.2 Å². The van der Waals surface area contributed by atoms with Crippen molar-refractivity contribution in [3.63, 3.8) is 0 Å². The highest BCUT2D eigenvalue weighted by molar-refractivity contribution is 5.29. The Morgan fingerprint density at radius 3 is 2.57 bits per heavy atom. The van der Waals surface area contributed by atoms with Gasteiger partial charge in [-0.05, 0) is 24.1 Å². The maximum atomic E-state index is 13.0. The van der Waals surface area contributed by atoms with Crippen LogP contribution in [0.2, 0.25) is 0 Å². The zero-order chi connectivity index (χ0) is 10.7. The van der Waals surface area contributed by atoms with Gasteiger partial charge in [0.2, 0.25) is 6.43 Å². The van der Waals surface area contributed by atoms with E-state index in [1.54, 1.807) is 6.07 Å². The first-order valence-corrected chi connectivity index (χ1v) is 4.31. The second kappa shape index (κ2) is 4.46. The standard InChI is InChI=1S/C10H12F3N/c1-6-7(3-2-4-8(6)11)9(14)5-10(12)13/h2-4,9-10H,5,14H2,1H3/t9-/m1/s1. The summed E-state index contributed by atoms with van der Waals surface area (Å²) < 4.78 is 37.1. The van der Waals surface area contributed by atoms with Crippen molar-refractivity contribution in [3.8, 4) is 0 Å². The molecule has 2 N–H and O–H groups in total. The van der Waals surface area contributed by atoms with Gasteiger partial charge in [-0.1, -0.05) is 12.1 Å². The SMILES string of the molecule is Cc1c(F)cccc1[C@H](N)CC(F)F. The van der Waals surface area contributed by atoms with Gasteiger partial charge < -0.3 is 5.73 Å². The zero-order valence-corrected chi connectivity index (χ0v) is 7.81. The second-order valence-electron chi connectivity index (χ2n) is 3.19. The summed E-state index contributed by atoms with van der Waals surface area (Å²) in [5.74, 6) is -0.410. The first-order chi connectivity index (χ1) is 6.52. The quantitative estimate of drug-likeness (QED) is 0.803. The van der Waals surface area contributed by atoms with Gasteiger partial charge in [0.15, 0.2) is 0 Å². The van der Waals surface area contributed by atoms with Crippen LogP contribution in [0.15, 0.2) is 18.2 Å². The molecule has 0 radical (unpaired) electrons. The summed E-state index contributed by atoms with van der Waals surface area (Å²) in [4.78, 5) is 0. The third-order valence-corrected chi connectivity index (χ3v) is 2.14. The number of halogens is 3. The molecule has 14 heavy (non-hydrogen) atoms. The molecule has 1 nitrogen and oxygen atoms in total. The lowest BCUT2D eigenvalue weighted by atomic mass is 9.99. The summed E-state index contributed by atoms with van der Waals surface area (Å²) >= 11 is 0. The Morgan fingerprint density at radius 1 is 1.36 bits per heavy atom. The summed E-state index contributed by atoms with van der Waals surface area (Å²) in [5.41, 5.74) is 6.32. The van der Waals surface area contributed by atoms with Crippen molar-refractivity contribution in [2.75, 3.05) is 0 Å². The first kappa shape index (κ1) is 11.0. The largest absolute Gasteiger partial charge is 0.324 e. The van der Waals surface area contributed by atoms with Crippen LogP contribution in [-0.4, -0.2) is 6.43 Å². The molecule has 0 aromatic heterocycles. The lowest BCUT2D eigenvalue weighted by molar-refractivity contribution is 0.128. The lowest BCUT2D eigenvalue weighted by Gasteiger charge is -2.14. The van der Waals surface area contributed by atoms with Crippen molar-refractivity contribution in [1.29, 1.82) is 0 Å². The van der Waals surface area contributed by atoms with E-state index in [-0.39, 0.29) is 0 Å². The van der Waals surface area contributed by atoms with Gasteiger partial charge in [-0.15, -0.1) is 0 Å². The summed E-state index contributed by atoms with van der Waals surface area (Å²) in [6, 6.07) is 3.54. The summed E-state index contributed by atoms with van der Waals surface area (Å²) in [6.45, 7) is 1.54. The third kappa shape index (κ3) is 2.48. The van der Waals surface area contributed by atoms with Crippen molar-refractivity contribution in [1.82, 2.24) is 0 Å². The molecule has 1 aromatic carbocycles. The summed E-state index contributed by atoms with van der Waals surface area (Å²) in [6.07, 6.45) is -2.91. The van der Waals surface area contributed by atoms with Gasteiger partial charge in [-0.3, -0.25) is 0 Å². The van der Waals surface area contributed by atoms with E-state index in [4.69, 9.17) is 5.73 Å². The third-order valence-electron chi connectivity index (χ3n) is 2.14. The predicted octanol–water partition coefficient (Wildman–Crippen LogP) is 2.79. The van der Waals surface area contributed by atoms with Crippen molar-refractivity contribution in [2.24, 2.45) is 5.73 Å². The molecule has 0 amide bonds. The van der Waals surface area contributed by atoms with Gasteiger partial charge in [-0.2, -0.15) is 0 Å². The molecule has 0 unspecified atom stereocenters. The van der Waals surface area contributed by atoms with Crippen molar-refractivity contribution < 1.29 is 13.2 Å². The number of benzene rings is 1. The Balaban J connectivity index is 2.89. The van der Waals surface area contributed by atoms with Gasteiger partial charge in [0, 0.05) is 12.5 Å². The Morgan fingerprint density at radius 2 is 2.00 bits per heavy atom. The van der Waals surface area contributed by atoms with E-state index in [1.807, 2.05) is 0 Å². The van der Waals surface area contributed by atoms with Crippen LogP contribution in [0.1, 0.15) is 23.6 Å². The Labute approximate surface area is 80.7 Å². The highest BCUT2D eigenvalue weighted by atomic mass is 19.3. The molecule has 1 atom stereocenters. The van der Waals surface area contributed by atoms with Gasteiger partial charge in [0.1, 0.15) is 5.82 Å². The van der Waals surface area contributed by atoms with Gasteiger partial charge in [0.05, 0.1) is 0 Å². The topological polar surface area (TPSA) is 26.0 Å². The fourth-order valence-electron chi connectivity index (χ4n) is 1.34. The number of alkyl halides is 2. The molecule has 0 bridgehead atoms. The minimum atomic E-state index is -2.47. The fraction of sp³-hybridized carbons (Fsp3) is 0.400. The highest BCUT2D eigenvalue weighted by Gasteiger charge is 2.15. The average Bonchev–Trinajstić information content (AvgIpc) is 2.08. The van der Waals surface area contributed by atoms with E-state index in [1.165, 1.54) is 19.1 Å². The van der Waals surface area contributed by atoms with Crippen molar-refractivity contribution in [3.05, 3.63) is 35.1 Å². The van der Waals surface area contributed by atoms with Gasteiger partial charge in [0.25, 0.3) is 0 Å². The molecular formula is C10H12F3N. The molecule has 4 heteroatoms. The van der Waals surface area contributed by atoms with Crippen LogP contribution in [0.3, 0.4) is 0 Å². The van der Waals surface area contributed by atoms with E-state index in [2.05, 4.69) is 0 Å². The molecular weight excluding hydrogens is 191 g/mol. The van der Waals surface area contributed by atoms with E-state index in [0.29, 0.717) is 11.1 Å². The van der Waals surface area contributed by atoms with Crippen LogP contribution >= 0.6 is 0 Å². The number of hydrogen-bond donors (Lipinski definition) is 1. The lowest BCUT2D eigenvalue weighted by Crippen LogP contribution is -2.15. The molecule has 0 saturated heterocycles. The smallest absolute Gasteiger partial charge is 0.240 e. The van der Waals surface area contributed by atoms with E-state index >= 15 is 0 Å². The Kier molecular flexibility index (Phi) is 3.52. The molecule has 78 valence electrons. The number of nitrogens with two attached hydrogens (primary N) is 1. The molecule has 0 heterocycles. The Bertz CT molecular complexity index is 312. The maximum Gasteiger partial charge on any atom is 0.240 e. The fourth-order valence-corrected chi connectivity index (χ4v) is 1.34. The average molecular weight is 203 g/mol. The summed E-state index contributed by atoms with van der Waals surface area (Å²) in [5, 5.41) is 0. The van der Waals surface area contributed by atoms with Gasteiger partial charge >= 0.3 is 0 Å². The highest BCUT2D eigenvalue weighted by Crippen LogP contribution is 2.22. The minimum Gasteiger partial charge on any atom is -0.324 e. The molecule has 1 rings (SSSR count). The summed E-state index contributed by atoms with van der Waals surface area (Å²) in [7, 11) is 0. The van der Waals surface area contributed by atoms with Crippen LogP contribution in [0.25, 0.3) is 0 Å². The van der Waals surface area contributed by atoms with Crippen LogP contribution in [0.5, 0.6) is 0 Å². The van der Waals surface area contributed by atoms with E-state index in [9.17, 15) is 13.2 Å². The van der Waals surface area contributed by atoms with Crippen LogP contribution in [-0.2, 0) is 0 Å². The molecule has 1 aromatic rings. The monoisotopic (exact) mass is 203 g/mol. The van der Waals surface area contributed by atoms with E-state index < -0.39 is 24.7 Å². The minimum absolute atomic E-state index is 0.348. The first-order valence-electron chi connectivity index (χ1n) is 4.31. The molecule has 0 aliphatic carbocycles. The second-order valence-corrected chi connectivity index (χ2v) is 3.19. The van der Waals surface area contributed by atoms with Crippen molar-refractivity contribution in [2.45, 2.75) is 25.8 Å². The Hall–Kier alpha value is -1.03. The zero-order valence-electron chi connectivity index (χ0n) is 7.81. The number of hydrogen-bond acceptors (Lipinski definition) is 1.